The number of benzene rings is 1. The second kappa shape index (κ2) is 8.20. The third kappa shape index (κ3) is 4.64. The summed E-state index contributed by atoms with van der Waals surface area (Å²) in [7, 11) is 0. The number of carbonyl (C=O) groups excluding carboxylic acids is 2. The van der Waals surface area contributed by atoms with Crippen molar-refractivity contribution in [1.82, 2.24) is 15.2 Å². The molecule has 142 valence electrons. The molecule has 0 bridgehead atoms. The van der Waals surface area contributed by atoms with Crippen LogP contribution in [0.3, 0.4) is 0 Å². The van der Waals surface area contributed by atoms with Crippen LogP contribution in [-0.2, 0) is 4.79 Å². The van der Waals surface area contributed by atoms with E-state index >= 15 is 0 Å². The van der Waals surface area contributed by atoms with Gasteiger partial charge >= 0.3 is 0 Å². The Balaban J connectivity index is 1.55. The van der Waals surface area contributed by atoms with Crippen molar-refractivity contribution < 1.29 is 9.59 Å². The molecule has 1 fully saturated rings. The van der Waals surface area contributed by atoms with Gasteiger partial charge in [0, 0.05) is 37.9 Å². The Bertz CT molecular complexity index is 794. The van der Waals surface area contributed by atoms with E-state index in [-0.39, 0.29) is 11.8 Å². The second-order valence-corrected chi connectivity index (χ2v) is 7.07. The average molecular weight is 366 g/mol. The van der Waals surface area contributed by atoms with E-state index in [1.54, 1.807) is 13.1 Å². The average Bonchev–Trinajstić information content (AvgIpc) is 2.67. The molecule has 6 nitrogen and oxygen atoms in total. The highest BCUT2D eigenvalue weighted by Crippen LogP contribution is 2.13. The Labute approximate surface area is 160 Å². The van der Waals surface area contributed by atoms with E-state index in [0.717, 1.165) is 30.0 Å². The summed E-state index contributed by atoms with van der Waals surface area (Å²) >= 11 is 0. The molecule has 0 aliphatic carbocycles. The lowest BCUT2D eigenvalue weighted by Crippen LogP contribution is -2.54. The summed E-state index contributed by atoms with van der Waals surface area (Å²) in [4.78, 5) is 33.5. The summed E-state index contributed by atoms with van der Waals surface area (Å²) in [5.41, 5.74) is 2.65. The molecule has 2 aromatic rings. The van der Waals surface area contributed by atoms with E-state index in [2.05, 4.69) is 15.2 Å². The van der Waals surface area contributed by atoms with Crippen LogP contribution in [0.5, 0.6) is 0 Å². The first kappa shape index (κ1) is 18.9. The molecule has 1 N–H and O–H groups in total. The Morgan fingerprint density at radius 2 is 1.70 bits per heavy atom. The number of hydrogen-bond acceptors (Lipinski definition) is 4. The van der Waals surface area contributed by atoms with Crippen LogP contribution in [0.25, 0.3) is 0 Å². The summed E-state index contributed by atoms with van der Waals surface area (Å²) in [6, 6.07) is 11.0. The number of hydrogen-bond donors (Lipinski definition) is 1. The van der Waals surface area contributed by atoms with Gasteiger partial charge in [0.1, 0.15) is 11.9 Å². The van der Waals surface area contributed by atoms with Crippen LogP contribution in [0.4, 0.5) is 5.82 Å². The molecule has 3 rings (SSSR count). The van der Waals surface area contributed by atoms with Crippen LogP contribution < -0.4 is 10.2 Å². The first-order chi connectivity index (χ1) is 12.9. The van der Waals surface area contributed by atoms with Crippen molar-refractivity contribution in [3.8, 4) is 0 Å². The fourth-order valence-corrected chi connectivity index (χ4v) is 3.42. The van der Waals surface area contributed by atoms with E-state index in [0.29, 0.717) is 18.7 Å². The number of amides is 2. The zero-order chi connectivity index (χ0) is 19.4. The zero-order valence-corrected chi connectivity index (χ0v) is 16.1. The first-order valence-electron chi connectivity index (χ1n) is 9.28. The largest absolute Gasteiger partial charge is 0.353 e. The predicted molar refractivity (Wildman–Crippen MR) is 106 cm³/mol. The highest BCUT2D eigenvalue weighted by molar-refractivity contribution is 5.97. The van der Waals surface area contributed by atoms with Gasteiger partial charge in [0.05, 0.1) is 0 Å². The number of carbonyl (C=O) groups is 2. The molecule has 0 radical (unpaired) electrons. The molecule has 0 spiro atoms. The Kier molecular flexibility index (Phi) is 5.74. The number of aromatic nitrogens is 1. The highest BCUT2D eigenvalue weighted by Gasteiger charge is 2.26. The number of pyridine rings is 1. The molecule has 1 aromatic heterocycles. The van der Waals surface area contributed by atoms with Gasteiger partial charge in [-0.2, -0.15) is 0 Å². The summed E-state index contributed by atoms with van der Waals surface area (Å²) in [5, 5.41) is 2.83. The molecule has 6 heteroatoms. The topological polar surface area (TPSA) is 65.5 Å². The van der Waals surface area contributed by atoms with Crippen LogP contribution in [0.1, 0.15) is 28.4 Å². The van der Waals surface area contributed by atoms with E-state index in [1.807, 2.05) is 55.1 Å². The second-order valence-electron chi connectivity index (χ2n) is 7.07. The molecule has 2 heterocycles. The molecule has 1 saturated heterocycles. The van der Waals surface area contributed by atoms with Gasteiger partial charge in [-0.05, 0) is 45.0 Å². The molecule has 27 heavy (non-hydrogen) atoms. The van der Waals surface area contributed by atoms with Gasteiger partial charge in [-0.15, -0.1) is 0 Å². The van der Waals surface area contributed by atoms with Crippen LogP contribution in [0.15, 0.2) is 42.6 Å². The molecule has 1 atom stereocenters. The van der Waals surface area contributed by atoms with E-state index in [4.69, 9.17) is 0 Å². The van der Waals surface area contributed by atoms with Gasteiger partial charge in [-0.1, -0.05) is 23.3 Å². The van der Waals surface area contributed by atoms with Crippen LogP contribution in [0, 0.1) is 13.8 Å². The van der Waals surface area contributed by atoms with Gasteiger partial charge in [0.15, 0.2) is 0 Å². The molecular weight excluding hydrogens is 340 g/mol. The Morgan fingerprint density at radius 3 is 2.30 bits per heavy atom. The Hall–Kier alpha value is -2.89. The van der Waals surface area contributed by atoms with Gasteiger partial charge < -0.3 is 15.1 Å². The van der Waals surface area contributed by atoms with Crippen molar-refractivity contribution in [2.75, 3.05) is 31.1 Å². The third-order valence-electron chi connectivity index (χ3n) is 4.77. The van der Waals surface area contributed by atoms with Crippen molar-refractivity contribution in [2.24, 2.45) is 0 Å². The van der Waals surface area contributed by atoms with E-state index < -0.39 is 6.04 Å². The summed E-state index contributed by atoms with van der Waals surface area (Å²) in [6.45, 7) is 8.38. The number of piperazine rings is 1. The lowest BCUT2D eigenvalue weighted by Gasteiger charge is -2.36. The van der Waals surface area contributed by atoms with Crippen LogP contribution in [0.2, 0.25) is 0 Å². The monoisotopic (exact) mass is 366 g/mol. The standard InChI is InChI=1S/C21H26N4O2/c1-15-12-16(2)14-18(13-15)20(26)23-17(3)21(27)25-10-8-24(9-11-25)19-6-4-5-7-22-19/h4-7,12-14,17H,8-11H2,1-3H3,(H,23,26)/t17-/m0/s1. The molecule has 1 aromatic carbocycles. The lowest BCUT2D eigenvalue weighted by molar-refractivity contribution is -0.133. The zero-order valence-electron chi connectivity index (χ0n) is 16.1. The molecule has 0 saturated carbocycles. The van der Waals surface area contributed by atoms with Crippen LogP contribution in [-0.4, -0.2) is 53.9 Å². The van der Waals surface area contributed by atoms with Crippen molar-refractivity contribution in [3.63, 3.8) is 0 Å². The summed E-state index contributed by atoms with van der Waals surface area (Å²) < 4.78 is 0. The normalized spacial score (nSPS) is 15.4. The van der Waals surface area contributed by atoms with Gasteiger partial charge in [-0.25, -0.2) is 4.98 Å². The number of rotatable bonds is 4. The van der Waals surface area contributed by atoms with E-state index in [9.17, 15) is 9.59 Å². The maximum Gasteiger partial charge on any atom is 0.251 e. The van der Waals surface area contributed by atoms with Gasteiger partial charge in [-0.3, -0.25) is 9.59 Å². The molecule has 0 unspecified atom stereocenters. The van der Waals surface area contributed by atoms with Crippen LogP contribution >= 0.6 is 0 Å². The maximum absolute atomic E-state index is 12.7. The minimum absolute atomic E-state index is 0.0478. The summed E-state index contributed by atoms with van der Waals surface area (Å²) in [6.07, 6.45) is 1.78. The SMILES string of the molecule is Cc1cc(C)cc(C(=O)N[C@@H](C)C(=O)N2CCN(c3ccccn3)CC2)c1. The summed E-state index contributed by atoms with van der Waals surface area (Å²) in [5.74, 6) is 0.670. The first-order valence-corrected chi connectivity index (χ1v) is 9.28. The van der Waals surface area contributed by atoms with Crippen molar-refractivity contribution in [2.45, 2.75) is 26.8 Å². The fraction of sp³-hybridized carbons (Fsp3) is 0.381. The van der Waals surface area contributed by atoms with Crippen molar-refractivity contribution >= 4 is 17.6 Å². The smallest absolute Gasteiger partial charge is 0.251 e. The molecule has 1 aliphatic rings. The van der Waals surface area contributed by atoms with Gasteiger partial charge in [0.2, 0.25) is 5.91 Å². The number of nitrogens with one attached hydrogen (secondary N) is 1. The fourth-order valence-electron chi connectivity index (χ4n) is 3.42. The number of nitrogens with zero attached hydrogens (tertiary/aromatic N) is 3. The quantitative estimate of drug-likeness (QED) is 0.901. The molecular formula is C21H26N4O2. The minimum atomic E-state index is -0.556. The molecule has 2 amide bonds. The van der Waals surface area contributed by atoms with E-state index in [1.165, 1.54) is 0 Å². The minimum Gasteiger partial charge on any atom is -0.353 e. The number of aryl methyl sites for hydroxylation is 2. The highest BCUT2D eigenvalue weighted by atomic mass is 16.2. The van der Waals surface area contributed by atoms with Crippen molar-refractivity contribution in [1.29, 1.82) is 0 Å². The van der Waals surface area contributed by atoms with Gasteiger partial charge in [0.25, 0.3) is 5.91 Å². The lowest BCUT2D eigenvalue weighted by atomic mass is 10.1. The third-order valence-corrected chi connectivity index (χ3v) is 4.77. The Morgan fingerprint density at radius 1 is 1.04 bits per heavy atom. The molecule has 1 aliphatic heterocycles. The predicted octanol–water partition coefficient (Wildman–Crippen LogP) is 2.17. The number of anilines is 1. The maximum atomic E-state index is 12.7. The van der Waals surface area contributed by atoms with Crippen molar-refractivity contribution in [3.05, 3.63) is 59.3 Å².